The summed E-state index contributed by atoms with van der Waals surface area (Å²) in [5.74, 6) is 0.167. The van der Waals surface area contributed by atoms with Crippen LogP contribution in [0.15, 0.2) is 194 Å². The summed E-state index contributed by atoms with van der Waals surface area (Å²) in [5, 5.41) is 7.85. The van der Waals surface area contributed by atoms with Crippen molar-refractivity contribution < 1.29 is 0 Å². The van der Waals surface area contributed by atoms with E-state index >= 15 is 0 Å². The molecule has 0 saturated heterocycles. The lowest BCUT2D eigenvalue weighted by Crippen LogP contribution is -2.30. The Morgan fingerprint density at radius 2 is 1.14 bits per heavy atom. The summed E-state index contributed by atoms with van der Waals surface area (Å²) in [5.41, 5.74) is 12.7. The molecule has 0 spiro atoms. The van der Waals surface area contributed by atoms with Gasteiger partial charge in [-0.15, -0.1) is 22.7 Å². The predicted molar refractivity (Wildman–Crippen MR) is 251 cm³/mol. The Morgan fingerprint density at radius 1 is 0.448 bits per heavy atom. The van der Waals surface area contributed by atoms with Gasteiger partial charge >= 0.3 is 0 Å². The van der Waals surface area contributed by atoms with Gasteiger partial charge in [-0.05, 0) is 89.0 Å². The molecule has 0 amide bonds. The van der Waals surface area contributed by atoms with Crippen molar-refractivity contribution in [1.29, 1.82) is 0 Å². The summed E-state index contributed by atoms with van der Waals surface area (Å²) in [7, 11) is 0. The first-order valence-electron chi connectivity index (χ1n) is 20.0. The van der Waals surface area contributed by atoms with Crippen molar-refractivity contribution >= 4 is 102 Å². The van der Waals surface area contributed by atoms with Crippen LogP contribution in [0.3, 0.4) is 0 Å². The molecule has 0 N–H and O–H groups in total. The normalized spacial score (nSPS) is 16.3. The molecule has 2 unspecified atom stereocenters. The van der Waals surface area contributed by atoms with Crippen LogP contribution in [-0.2, 0) is 0 Å². The number of para-hydroxylation sites is 3. The van der Waals surface area contributed by atoms with E-state index in [9.17, 15) is 0 Å². The van der Waals surface area contributed by atoms with Gasteiger partial charge in [0.25, 0.3) is 0 Å². The fraction of sp³-hybridized carbons (Fsp3) is 0.0370. The first-order valence-corrected chi connectivity index (χ1v) is 21.6. The van der Waals surface area contributed by atoms with Gasteiger partial charge in [0.05, 0.1) is 17.1 Å². The average Bonchev–Trinajstić information content (AvgIpc) is 4.03. The van der Waals surface area contributed by atoms with Crippen LogP contribution < -0.4 is 4.90 Å². The third kappa shape index (κ3) is 4.64. The number of fused-ring (bicyclic) bond motifs is 12. The van der Waals surface area contributed by atoms with Gasteiger partial charge in [0.2, 0.25) is 0 Å². The van der Waals surface area contributed by atoms with Crippen LogP contribution in [0.5, 0.6) is 0 Å². The van der Waals surface area contributed by atoms with Gasteiger partial charge < -0.3 is 9.47 Å². The Bertz CT molecular complexity index is 3540. The molecule has 4 heteroatoms. The molecule has 2 atom stereocenters. The number of allylic oxidation sites excluding steroid dienone is 2. The second-order valence-electron chi connectivity index (χ2n) is 15.6. The van der Waals surface area contributed by atoms with Crippen molar-refractivity contribution in [3.05, 3.63) is 205 Å². The highest BCUT2D eigenvalue weighted by Crippen LogP contribution is 2.54. The van der Waals surface area contributed by atoms with Crippen LogP contribution in [0.25, 0.3) is 84.5 Å². The number of hydrogen-bond donors (Lipinski definition) is 0. The zero-order valence-electron chi connectivity index (χ0n) is 31.3. The summed E-state index contributed by atoms with van der Waals surface area (Å²) in [6.07, 6.45) is 7.08. The monoisotopic (exact) mass is 774 g/mol. The van der Waals surface area contributed by atoms with Crippen molar-refractivity contribution in [2.24, 2.45) is 0 Å². The SMILES string of the molecule is C1=CC2C(C(c3ccc4c5ccccc5n(-c5ccccc5)c4c3)=C1)c1ccccc1N2c1cc(-c2ccc3sc4ccccc4c3c2)c2sc3ccccc3c2c1. The molecule has 0 bridgehead atoms. The lowest BCUT2D eigenvalue weighted by atomic mass is 9.80. The summed E-state index contributed by atoms with van der Waals surface area (Å²) >= 11 is 3.79. The second-order valence-corrected chi connectivity index (χ2v) is 17.7. The Balaban J connectivity index is 0.995. The van der Waals surface area contributed by atoms with E-state index in [1.165, 1.54) is 107 Å². The van der Waals surface area contributed by atoms with Crippen LogP contribution in [0.1, 0.15) is 17.0 Å². The molecule has 8 aromatic carbocycles. The number of benzene rings is 8. The predicted octanol–water partition coefficient (Wildman–Crippen LogP) is 15.4. The topological polar surface area (TPSA) is 8.17 Å². The smallest absolute Gasteiger partial charge is 0.0635 e. The van der Waals surface area contributed by atoms with E-state index in [2.05, 4.69) is 204 Å². The minimum absolute atomic E-state index is 0.117. The minimum atomic E-state index is 0.117. The van der Waals surface area contributed by atoms with Crippen molar-refractivity contribution in [3.8, 4) is 16.8 Å². The third-order valence-corrected chi connectivity index (χ3v) is 14.9. The molecule has 3 aromatic heterocycles. The number of anilines is 2. The number of nitrogens with zero attached hydrogens (tertiary/aromatic N) is 2. The van der Waals surface area contributed by atoms with Gasteiger partial charge in [0.1, 0.15) is 0 Å². The number of rotatable bonds is 4. The van der Waals surface area contributed by atoms with Crippen molar-refractivity contribution in [3.63, 3.8) is 0 Å². The zero-order valence-corrected chi connectivity index (χ0v) is 33.0. The highest BCUT2D eigenvalue weighted by atomic mass is 32.1. The molecule has 1 aliphatic heterocycles. The molecular weight excluding hydrogens is 741 g/mol. The first kappa shape index (κ1) is 32.4. The molecule has 272 valence electrons. The fourth-order valence-electron chi connectivity index (χ4n) is 10.0. The summed E-state index contributed by atoms with van der Waals surface area (Å²) in [6.45, 7) is 0. The lowest BCUT2D eigenvalue weighted by molar-refractivity contribution is 0.759. The summed E-state index contributed by atoms with van der Waals surface area (Å²) in [4.78, 5) is 2.62. The van der Waals surface area contributed by atoms with Crippen LogP contribution in [0.2, 0.25) is 0 Å². The highest BCUT2D eigenvalue weighted by Gasteiger charge is 2.41. The van der Waals surface area contributed by atoms with Crippen LogP contribution in [-0.4, -0.2) is 10.6 Å². The van der Waals surface area contributed by atoms with Gasteiger partial charge in [-0.2, -0.15) is 0 Å². The van der Waals surface area contributed by atoms with Crippen LogP contribution >= 0.6 is 22.7 Å². The Hall–Kier alpha value is -6.72. The molecule has 11 aromatic rings. The maximum atomic E-state index is 2.62. The fourth-order valence-corrected chi connectivity index (χ4v) is 12.3. The van der Waals surface area contributed by atoms with Gasteiger partial charge in [0.15, 0.2) is 0 Å². The number of aromatic nitrogens is 1. The molecule has 2 nitrogen and oxygen atoms in total. The van der Waals surface area contributed by atoms with Gasteiger partial charge in [-0.25, -0.2) is 0 Å². The van der Waals surface area contributed by atoms with E-state index in [0.717, 1.165) is 0 Å². The van der Waals surface area contributed by atoms with E-state index in [1.807, 2.05) is 22.7 Å². The van der Waals surface area contributed by atoms with Gasteiger partial charge in [-0.1, -0.05) is 127 Å². The molecule has 58 heavy (non-hydrogen) atoms. The maximum Gasteiger partial charge on any atom is 0.0635 e. The molecule has 1 aliphatic carbocycles. The highest BCUT2D eigenvalue weighted by molar-refractivity contribution is 7.26. The summed E-state index contributed by atoms with van der Waals surface area (Å²) < 4.78 is 7.76. The van der Waals surface area contributed by atoms with E-state index in [0.29, 0.717) is 0 Å². The Kier molecular flexibility index (Phi) is 6.91. The van der Waals surface area contributed by atoms with Crippen molar-refractivity contribution in [2.45, 2.75) is 12.0 Å². The summed E-state index contributed by atoms with van der Waals surface area (Å²) in [6, 6.07) is 65.7. The minimum Gasteiger partial charge on any atom is -0.333 e. The second kappa shape index (κ2) is 12.4. The average molecular weight is 775 g/mol. The van der Waals surface area contributed by atoms with E-state index in [4.69, 9.17) is 0 Å². The molecule has 0 fully saturated rings. The molecule has 13 rings (SSSR count). The molecular formula is C54H34N2S2. The largest absolute Gasteiger partial charge is 0.333 e. The molecule has 0 saturated carbocycles. The van der Waals surface area contributed by atoms with E-state index < -0.39 is 0 Å². The van der Waals surface area contributed by atoms with Gasteiger partial charge in [0, 0.05) is 79.7 Å². The lowest BCUT2D eigenvalue weighted by Gasteiger charge is -2.32. The van der Waals surface area contributed by atoms with Crippen molar-refractivity contribution in [1.82, 2.24) is 4.57 Å². The standard InChI is InChI=1S/C54H34N2S2/c1-2-13-35(14-3-1)55-46-20-8-4-15-38(46)39-27-25-34(30-49(39)55)37-19-12-22-48-53(37)42-18-5-9-21-47(42)56(48)36-31-43(54-45(32-36)41-17-7-11-24-51(41)58-54)33-26-28-52-44(29-33)40-16-6-10-23-50(40)57-52/h1-32,48,53H. The Labute approximate surface area is 343 Å². The molecule has 0 radical (unpaired) electrons. The van der Waals surface area contributed by atoms with Crippen LogP contribution in [0.4, 0.5) is 11.4 Å². The Morgan fingerprint density at radius 3 is 2.02 bits per heavy atom. The maximum absolute atomic E-state index is 2.62. The van der Waals surface area contributed by atoms with Crippen molar-refractivity contribution in [2.75, 3.05) is 4.90 Å². The van der Waals surface area contributed by atoms with E-state index in [1.54, 1.807) is 0 Å². The molecule has 2 aliphatic rings. The number of hydrogen-bond acceptors (Lipinski definition) is 3. The quantitative estimate of drug-likeness (QED) is 0.173. The van der Waals surface area contributed by atoms with Crippen LogP contribution in [0, 0.1) is 0 Å². The first-order chi connectivity index (χ1) is 28.8. The third-order valence-electron chi connectivity index (χ3n) is 12.5. The number of thiophene rings is 2. The van der Waals surface area contributed by atoms with E-state index in [-0.39, 0.29) is 12.0 Å². The molecule has 4 heterocycles. The zero-order chi connectivity index (χ0) is 37.9. The van der Waals surface area contributed by atoms with Gasteiger partial charge in [-0.3, -0.25) is 0 Å².